The van der Waals surface area contributed by atoms with Crippen molar-refractivity contribution in [3.8, 4) is 9.75 Å². The molecule has 0 bridgehead atoms. The second-order valence-electron chi connectivity index (χ2n) is 3.86. The lowest BCUT2D eigenvalue weighted by molar-refractivity contribution is 0.0816. The number of ketones is 2. The van der Waals surface area contributed by atoms with Crippen molar-refractivity contribution < 1.29 is 9.59 Å². The summed E-state index contributed by atoms with van der Waals surface area (Å²) in [7, 11) is 0. The topological polar surface area (TPSA) is 34.1 Å². The molecule has 0 saturated carbocycles. The van der Waals surface area contributed by atoms with Crippen LogP contribution in [-0.4, -0.2) is 11.6 Å². The second kappa shape index (κ2) is 3.12. The number of rotatable bonds is 0. The van der Waals surface area contributed by atoms with E-state index >= 15 is 0 Å². The van der Waals surface area contributed by atoms with Crippen LogP contribution in [0.1, 0.15) is 30.5 Å². The summed E-state index contributed by atoms with van der Waals surface area (Å²) in [5, 5.41) is 0. The summed E-state index contributed by atoms with van der Waals surface area (Å²) < 4.78 is 0. The maximum Gasteiger partial charge on any atom is 0.235 e. The Morgan fingerprint density at radius 1 is 0.812 bits per heavy atom. The SMILES string of the molecule is Cc1cc2c(s1)-c1sc(C)cc1C(=O)C2=O. The molecule has 3 rings (SSSR count). The summed E-state index contributed by atoms with van der Waals surface area (Å²) in [6, 6.07) is 3.64. The zero-order chi connectivity index (χ0) is 11.4. The highest BCUT2D eigenvalue weighted by atomic mass is 32.1. The first-order chi connectivity index (χ1) is 7.58. The lowest BCUT2D eigenvalue weighted by atomic mass is 9.95. The summed E-state index contributed by atoms with van der Waals surface area (Å²) in [6.45, 7) is 3.92. The van der Waals surface area contributed by atoms with E-state index in [-0.39, 0.29) is 11.6 Å². The molecule has 4 heteroatoms. The van der Waals surface area contributed by atoms with Gasteiger partial charge in [-0.15, -0.1) is 22.7 Å². The average Bonchev–Trinajstić information content (AvgIpc) is 2.78. The Kier molecular flexibility index (Phi) is 1.94. The van der Waals surface area contributed by atoms with Crippen molar-refractivity contribution >= 4 is 34.2 Å². The van der Waals surface area contributed by atoms with E-state index < -0.39 is 0 Å². The van der Waals surface area contributed by atoms with Gasteiger partial charge in [0.1, 0.15) is 0 Å². The Morgan fingerprint density at radius 2 is 1.19 bits per heavy atom. The number of fused-ring (bicyclic) bond motifs is 3. The molecule has 0 spiro atoms. The molecule has 0 amide bonds. The van der Waals surface area contributed by atoms with Crippen LogP contribution in [0.25, 0.3) is 9.75 Å². The van der Waals surface area contributed by atoms with Crippen LogP contribution in [0.3, 0.4) is 0 Å². The van der Waals surface area contributed by atoms with Gasteiger partial charge in [0, 0.05) is 20.9 Å². The van der Waals surface area contributed by atoms with Gasteiger partial charge in [0.05, 0.1) is 9.75 Å². The molecular formula is C12H8O2S2. The molecule has 0 unspecified atom stereocenters. The molecule has 2 aromatic rings. The number of thiophene rings is 2. The highest BCUT2D eigenvalue weighted by molar-refractivity contribution is 7.23. The monoisotopic (exact) mass is 248 g/mol. The predicted octanol–water partition coefficient (Wildman–Crippen LogP) is 3.47. The summed E-state index contributed by atoms with van der Waals surface area (Å²) in [4.78, 5) is 27.8. The third-order valence-electron chi connectivity index (χ3n) is 2.61. The quantitative estimate of drug-likeness (QED) is 0.669. The molecule has 1 aliphatic rings. The Labute approximate surface area is 101 Å². The van der Waals surface area contributed by atoms with Crippen molar-refractivity contribution in [2.45, 2.75) is 13.8 Å². The van der Waals surface area contributed by atoms with Crippen LogP contribution in [0.4, 0.5) is 0 Å². The van der Waals surface area contributed by atoms with Gasteiger partial charge in [-0.3, -0.25) is 9.59 Å². The van der Waals surface area contributed by atoms with Crippen molar-refractivity contribution in [2.75, 3.05) is 0 Å². The minimum absolute atomic E-state index is 0.357. The highest BCUT2D eigenvalue weighted by Crippen LogP contribution is 2.43. The molecule has 0 aromatic carbocycles. The van der Waals surface area contributed by atoms with E-state index in [2.05, 4.69) is 0 Å². The first kappa shape index (κ1) is 9.93. The maximum atomic E-state index is 11.9. The molecule has 0 radical (unpaired) electrons. The normalized spacial score (nSPS) is 13.9. The van der Waals surface area contributed by atoms with Gasteiger partial charge in [-0.2, -0.15) is 0 Å². The fourth-order valence-corrected chi connectivity index (χ4v) is 4.12. The number of Topliss-reactive ketones (excluding diaryl/α,β-unsaturated/α-hetero) is 2. The van der Waals surface area contributed by atoms with Crippen LogP contribution >= 0.6 is 22.7 Å². The lowest BCUT2D eigenvalue weighted by Gasteiger charge is -2.08. The van der Waals surface area contributed by atoms with Crippen LogP contribution in [0, 0.1) is 13.8 Å². The molecule has 2 aromatic heterocycles. The van der Waals surface area contributed by atoms with Crippen molar-refractivity contribution in [1.29, 1.82) is 0 Å². The number of aryl methyl sites for hydroxylation is 2. The van der Waals surface area contributed by atoms with E-state index in [1.165, 1.54) is 0 Å². The van der Waals surface area contributed by atoms with Gasteiger partial charge in [-0.25, -0.2) is 0 Å². The zero-order valence-corrected chi connectivity index (χ0v) is 10.4. The molecule has 16 heavy (non-hydrogen) atoms. The van der Waals surface area contributed by atoms with Crippen molar-refractivity contribution in [3.63, 3.8) is 0 Å². The Hall–Kier alpha value is -1.26. The number of carbonyl (C=O) groups excluding carboxylic acids is 2. The zero-order valence-electron chi connectivity index (χ0n) is 8.79. The first-order valence-electron chi connectivity index (χ1n) is 4.88. The van der Waals surface area contributed by atoms with Gasteiger partial charge in [0.2, 0.25) is 11.6 Å². The lowest BCUT2D eigenvalue weighted by Crippen LogP contribution is -2.18. The van der Waals surface area contributed by atoms with Gasteiger partial charge < -0.3 is 0 Å². The predicted molar refractivity (Wildman–Crippen MR) is 65.8 cm³/mol. The van der Waals surface area contributed by atoms with Gasteiger partial charge in [0.25, 0.3) is 0 Å². The summed E-state index contributed by atoms with van der Waals surface area (Å²) in [6.07, 6.45) is 0. The molecular weight excluding hydrogens is 240 g/mol. The number of hydrogen-bond donors (Lipinski definition) is 0. The van der Waals surface area contributed by atoms with Crippen molar-refractivity contribution in [3.05, 3.63) is 33.0 Å². The van der Waals surface area contributed by atoms with E-state index in [4.69, 9.17) is 0 Å². The van der Waals surface area contributed by atoms with Crippen molar-refractivity contribution in [2.24, 2.45) is 0 Å². The fourth-order valence-electron chi connectivity index (χ4n) is 1.95. The smallest absolute Gasteiger partial charge is 0.235 e. The van der Waals surface area contributed by atoms with E-state index in [0.29, 0.717) is 11.1 Å². The van der Waals surface area contributed by atoms with E-state index in [0.717, 1.165) is 19.5 Å². The number of carbonyl (C=O) groups is 2. The van der Waals surface area contributed by atoms with Crippen LogP contribution in [0.15, 0.2) is 12.1 Å². The van der Waals surface area contributed by atoms with Crippen LogP contribution in [0.5, 0.6) is 0 Å². The molecule has 80 valence electrons. The molecule has 0 atom stereocenters. The Morgan fingerprint density at radius 3 is 1.56 bits per heavy atom. The summed E-state index contributed by atoms with van der Waals surface area (Å²) >= 11 is 3.18. The molecule has 2 nitrogen and oxygen atoms in total. The molecule has 0 fully saturated rings. The molecule has 2 heterocycles. The Bertz CT molecular complexity index is 575. The van der Waals surface area contributed by atoms with Gasteiger partial charge >= 0.3 is 0 Å². The minimum atomic E-state index is -0.357. The third kappa shape index (κ3) is 1.17. The fraction of sp³-hybridized carbons (Fsp3) is 0.167. The highest BCUT2D eigenvalue weighted by Gasteiger charge is 2.33. The average molecular weight is 248 g/mol. The van der Waals surface area contributed by atoms with Crippen LogP contribution < -0.4 is 0 Å². The van der Waals surface area contributed by atoms with Crippen LogP contribution in [-0.2, 0) is 0 Å². The minimum Gasteiger partial charge on any atom is -0.285 e. The van der Waals surface area contributed by atoms with E-state index in [1.807, 2.05) is 26.0 Å². The molecule has 0 saturated heterocycles. The maximum absolute atomic E-state index is 11.9. The molecule has 0 N–H and O–H groups in total. The molecule has 0 aliphatic heterocycles. The van der Waals surface area contributed by atoms with Gasteiger partial charge in [0.15, 0.2) is 0 Å². The summed E-state index contributed by atoms with van der Waals surface area (Å²) in [5.41, 5.74) is 1.17. The van der Waals surface area contributed by atoms with Crippen molar-refractivity contribution in [1.82, 2.24) is 0 Å². The van der Waals surface area contributed by atoms with E-state index in [1.54, 1.807) is 22.7 Å². The standard InChI is InChI=1S/C12H8O2S2/c1-5-3-7-9(13)10(14)8-4-6(2)16-12(8)11(7)15-5/h3-4H,1-2H3. The number of hydrogen-bond acceptors (Lipinski definition) is 4. The third-order valence-corrected chi connectivity index (χ3v) is 4.88. The van der Waals surface area contributed by atoms with Gasteiger partial charge in [-0.05, 0) is 26.0 Å². The van der Waals surface area contributed by atoms with Crippen LogP contribution in [0.2, 0.25) is 0 Å². The largest absolute Gasteiger partial charge is 0.285 e. The molecule has 1 aliphatic carbocycles. The van der Waals surface area contributed by atoms with E-state index in [9.17, 15) is 9.59 Å². The van der Waals surface area contributed by atoms with Gasteiger partial charge in [-0.1, -0.05) is 0 Å². The second-order valence-corrected chi connectivity index (χ2v) is 6.37. The Balaban J connectivity index is 2.40. The summed E-state index contributed by atoms with van der Waals surface area (Å²) in [5.74, 6) is -0.714. The first-order valence-corrected chi connectivity index (χ1v) is 6.51.